The monoisotopic (exact) mass is 243 g/mol. The van der Waals surface area contributed by atoms with E-state index in [1.165, 1.54) is 0 Å². The van der Waals surface area contributed by atoms with E-state index in [0.29, 0.717) is 0 Å². The van der Waals surface area contributed by atoms with Gasteiger partial charge in [0.1, 0.15) is 6.04 Å². The van der Waals surface area contributed by atoms with Crippen molar-refractivity contribution in [1.29, 1.82) is 0 Å². The van der Waals surface area contributed by atoms with E-state index in [2.05, 4.69) is 0 Å². The van der Waals surface area contributed by atoms with Crippen LogP contribution in [0.5, 0.6) is 0 Å². The molecule has 2 aliphatic rings. The summed E-state index contributed by atoms with van der Waals surface area (Å²) in [6, 6.07) is -0.194. The van der Waals surface area contributed by atoms with Crippen LogP contribution in [-0.2, 0) is 9.53 Å². The van der Waals surface area contributed by atoms with Crippen LogP contribution >= 0.6 is 34.8 Å². The van der Waals surface area contributed by atoms with Crippen LogP contribution in [0.15, 0.2) is 0 Å². The lowest BCUT2D eigenvalue weighted by atomic mass is 10.2. The van der Waals surface area contributed by atoms with Gasteiger partial charge in [-0.3, -0.25) is 9.69 Å². The summed E-state index contributed by atoms with van der Waals surface area (Å²) in [4.78, 5) is 13.1. The molecule has 13 heavy (non-hydrogen) atoms. The molecule has 2 fully saturated rings. The van der Waals surface area contributed by atoms with E-state index in [1.807, 2.05) is 4.90 Å². The summed E-state index contributed by atoms with van der Waals surface area (Å²) in [5, 5.41) is 0. The summed E-state index contributed by atoms with van der Waals surface area (Å²) in [6.45, 7) is 0.759. The summed E-state index contributed by atoms with van der Waals surface area (Å²) in [6.07, 6.45) is 1.05. The van der Waals surface area contributed by atoms with Crippen molar-refractivity contribution < 1.29 is 9.53 Å². The number of rotatable bonds is 0. The van der Waals surface area contributed by atoms with E-state index in [0.717, 1.165) is 19.4 Å². The van der Waals surface area contributed by atoms with Gasteiger partial charge in [0, 0.05) is 6.54 Å². The van der Waals surface area contributed by atoms with Crippen molar-refractivity contribution >= 4 is 40.8 Å². The molecular weight excluding hydrogens is 236 g/mol. The third kappa shape index (κ3) is 1.63. The van der Waals surface area contributed by atoms with Crippen LogP contribution in [-0.4, -0.2) is 33.5 Å². The molecule has 0 spiro atoms. The minimum atomic E-state index is -1.55. The minimum absolute atomic E-state index is 0.194. The number of halogens is 3. The number of carbonyl (C=O) groups is 1. The fraction of sp³-hybridized carbons (Fsp3) is 0.857. The quantitative estimate of drug-likeness (QED) is 0.480. The highest BCUT2D eigenvalue weighted by molar-refractivity contribution is 6.68. The van der Waals surface area contributed by atoms with Gasteiger partial charge in [-0.2, -0.15) is 0 Å². The van der Waals surface area contributed by atoms with Crippen LogP contribution in [0.1, 0.15) is 12.8 Å². The van der Waals surface area contributed by atoms with Crippen molar-refractivity contribution in [3.05, 3.63) is 0 Å². The highest BCUT2D eigenvalue weighted by Crippen LogP contribution is 2.41. The van der Waals surface area contributed by atoms with Crippen LogP contribution in [0.25, 0.3) is 0 Å². The standard InChI is InChI=1S/C7H8Cl3NO2/c8-7(9,10)6-11-3-1-2-4(11)5(12)13-6/h4,6H,1-3H2/t4-,6+/m1/s1. The average molecular weight is 245 g/mol. The number of cyclic esters (lactones) is 1. The van der Waals surface area contributed by atoms with E-state index in [4.69, 9.17) is 39.5 Å². The number of fused-ring (bicyclic) bond motifs is 1. The molecule has 2 aliphatic heterocycles. The molecule has 0 saturated carbocycles. The van der Waals surface area contributed by atoms with Gasteiger partial charge in [0.25, 0.3) is 0 Å². The fourth-order valence-electron chi connectivity index (χ4n) is 1.83. The summed E-state index contributed by atoms with van der Waals surface area (Å²) < 4.78 is 3.44. The van der Waals surface area contributed by atoms with Gasteiger partial charge in [0.15, 0.2) is 0 Å². The number of alkyl halides is 3. The lowest BCUT2D eigenvalue weighted by Crippen LogP contribution is -2.41. The van der Waals surface area contributed by atoms with Crippen molar-refractivity contribution in [1.82, 2.24) is 4.90 Å². The maximum absolute atomic E-state index is 11.3. The predicted molar refractivity (Wildman–Crippen MR) is 49.9 cm³/mol. The molecule has 0 radical (unpaired) electrons. The Bertz CT molecular complexity index is 240. The normalized spacial score (nSPS) is 34.8. The third-order valence-electron chi connectivity index (χ3n) is 2.38. The van der Waals surface area contributed by atoms with Crippen LogP contribution < -0.4 is 0 Å². The van der Waals surface area contributed by atoms with E-state index in [9.17, 15) is 4.79 Å². The Kier molecular flexibility index (Phi) is 2.39. The molecule has 3 nitrogen and oxygen atoms in total. The lowest BCUT2D eigenvalue weighted by molar-refractivity contribution is -0.142. The van der Waals surface area contributed by atoms with Crippen molar-refractivity contribution in [2.24, 2.45) is 0 Å². The summed E-state index contributed by atoms with van der Waals surface area (Å²) in [5.74, 6) is -0.270. The van der Waals surface area contributed by atoms with Crippen molar-refractivity contribution in [3.8, 4) is 0 Å². The number of carbonyl (C=O) groups excluding carboxylic acids is 1. The maximum Gasteiger partial charge on any atom is 0.325 e. The molecule has 0 aliphatic carbocycles. The van der Waals surface area contributed by atoms with Gasteiger partial charge < -0.3 is 4.74 Å². The van der Waals surface area contributed by atoms with Gasteiger partial charge in [0.2, 0.25) is 10.0 Å². The Balaban J connectivity index is 2.20. The summed E-state index contributed by atoms with van der Waals surface area (Å²) in [7, 11) is 0. The molecule has 0 unspecified atom stereocenters. The average Bonchev–Trinajstić information content (AvgIpc) is 2.51. The van der Waals surface area contributed by atoms with Crippen LogP contribution in [0.4, 0.5) is 0 Å². The first-order valence-electron chi connectivity index (χ1n) is 4.03. The Hall–Kier alpha value is 0.300. The van der Waals surface area contributed by atoms with Crippen molar-refractivity contribution in [2.45, 2.75) is 28.9 Å². The number of nitrogens with zero attached hydrogens (tertiary/aromatic N) is 1. The topological polar surface area (TPSA) is 29.5 Å². The van der Waals surface area contributed by atoms with Gasteiger partial charge in [-0.05, 0) is 12.8 Å². The molecule has 0 aromatic carbocycles. The van der Waals surface area contributed by atoms with Crippen LogP contribution in [0.2, 0.25) is 0 Å². The molecule has 6 heteroatoms. The molecule has 2 heterocycles. The molecule has 0 aromatic heterocycles. The van der Waals surface area contributed by atoms with E-state index in [-0.39, 0.29) is 12.0 Å². The largest absolute Gasteiger partial charge is 0.440 e. The number of ether oxygens (including phenoxy) is 1. The van der Waals surface area contributed by atoms with Gasteiger partial charge in [-0.1, -0.05) is 34.8 Å². The molecule has 74 valence electrons. The van der Waals surface area contributed by atoms with Crippen molar-refractivity contribution in [3.63, 3.8) is 0 Å². The molecular formula is C7H8Cl3NO2. The summed E-state index contributed by atoms with van der Waals surface area (Å²) in [5.41, 5.74) is 0. The zero-order chi connectivity index (χ0) is 9.64. The second kappa shape index (κ2) is 3.16. The zero-order valence-electron chi connectivity index (χ0n) is 6.67. The molecule has 2 atom stereocenters. The first-order chi connectivity index (χ1) is 6.00. The second-order valence-corrected chi connectivity index (χ2v) is 5.60. The lowest BCUT2D eigenvalue weighted by Gasteiger charge is -2.25. The zero-order valence-corrected chi connectivity index (χ0v) is 8.94. The number of hydrogen-bond donors (Lipinski definition) is 0. The van der Waals surface area contributed by atoms with E-state index in [1.54, 1.807) is 0 Å². The molecule has 0 bridgehead atoms. The molecule has 0 N–H and O–H groups in total. The van der Waals surface area contributed by atoms with Gasteiger partial charge >= 0.3 is 5.97 Å². The van der Waals surface area contributed by atoms with Crippen molar-refractivity contribution in [2.75, 3.05) is 6.54 Å². The minimum Gasteiger partial charge on any atom is -0.440 e. The van der Waals surface area contributed by atoms with Gasteiger partial charge in [-0.15, -0.1) is 0 Å². The van der Waals surface area contributed by atoms with E-state index >= 15 is 0 Å². The first kappa shape index (κ1) is 9.84. The molecule has 2 rings (SSSR count). The summed E-state index contributed by atoms with van der Waals surface area (Å²) >= 11 is 17.0. The Morgan fingerprint density at radius 1 is 1.46 bits per heavy atom. The SMILES string of the molecule is O=C1O[C@@H](C(Cl)(Cl)Cl)N2CCC[C@H]12. The number of hydrogen-bond acceptors (Lipinski definition) is 3. The molecule has 0 amide bonds. The Labute approximate surface area is 90.9 Å². The highest BCUT2D eigenvalue weighted by Gasteiger charge is 2.52. The van der Waals surface area contributed by atoms with Crippen LogP contribution in [0, 0.1) is 0 Å². The smallest absolute Gasteiger partial charge is 0.325 e. The third-order valence-corrected chi connectivity index (χ3v) is 2.94. The first-order valence-corrected chi connectivity index (χ1v) is 5.16. The van der Waals surface area contributed by atoms with Gasteiger partial charge in [-0.25, -0.2) is 0 Å². The number of esters is 1. The Morgan fingerprint density at radius 3 is 2.77 bits per heavy atom. The fourth-order valence-corrected chi connectivity index (χ4v) is 2.34. The molecule has 2 saturated heterocycles. The Morgan fingerprint density at radius 2 is 2.15 bits per heavy atom. The highest BCUT2D eigenvalue weighted by atomic mass is 35.6. The molecule has 0 aromatic rings. The predicted octanol–water partition coefficient (Wildman–Crippen LogP) is 1.70. The second-order valence-electron chi connectivity index (χ2n) is 3.23. The van der Waals surface area contributed by atoms with Gasteiger partial charge in [0.05, 0.1) is 0 Å². The van der Waals surface area contributed by atoms with E-state index < -0.39 is 10.0 Å². The maximum atomic E-state index is 11.3. The van der Waals surface area contributed by atoms with Crippen LogP contribution in [0.3, 0.4) is 0 Å².